The molecule has 0 unspecified atom stereocenters. The predicted molar refractivity (Wildman–Crippen MR) is 54.9 cm³/mol. The maximum Gasteiger partial charge on any atom is 0.416 e. The summed E-state index contributed by atoms with van der Waals surface area (Å²) in [4.78, 5) is 10.7. The maximum absolute atomic E-state index is 12.4. The highest BCUT2D eigenvalue weighted by atomic mass is 19.4. The summed E-state index contributed by atoms with van der Waals surface area (Å²) in [6, 6.07) is 4.81. The number of hydrogen-bond donors (Lipinski definition) is 0. The monoisotopic (exact) mass is 242 g/mol. The van der Waals surface area contributed by atoms with E-state index in [0.717, 1.165) is 12.1 Å². The van der Waals surface area contributed by atoms with Crippen LogP contribution in [-0.2, 0) is 22.1 Å². The standard InChI is InChI=1S/C12H9F3O2/c1-17-11(16)7-3-5-9-4-2-6-10(8-9)12(13,14)15/h2,4,6,8H,5H2,1H3. The number of ether oxygens (including phenoxy) is 1. The summed E-state index contributed by atoms with van der Waals surface area (Å²) in [6.07, 6.45) is -4.30. The molecular formula is C12H9F3O2. The summed E-state index contributed by atoms with van der Waals surface area (Å²) < 4.78 is 41.4. The highest BCUT2D eigenvalue weighted by Crippen LogP contribution is 2.29. The molecule has 0 heterocycles. The van der Waals surface area contributed by atoms with Gasteiger partial charge in [0.2, 0.25) is 0 Å². The molecule has 1 aromatic carbocycles. The van der Waals surface area contributed by atoms with E-state index in [0.29, 0.717) is 5.56 Å². The van der Waals surface area contributed by atoms with Gasteiger partial charge in [0, 0.05) is 12.3 Å². The molecule has 90 valence electrons. The van der Waals surface area contributed by atoms with Gasteiger partial charge < -0.3 is 4.74 Å². The van der Waals surface area contributed by atoms with E-state index in [1.54, 1.807) is 0 Å². The van der Waals surface area contributed by atoms with Gasteiger partial charge in [-0.1, -0.05) is 24.1 Å². The fraction of sp³-hybridized carbons (Fsp3) is 0.250. The number of carbonyl (C=O) groups is 1. The van der Waals surface area contributed by atoms with Crippen molar-refractivity contribution in [2.75, 3.05) is 7.11 Å². The second kappa shape index (κ2) is 5.39. The Kier molecular flexibility index (Phi) is 4.16. The van der Waals surface area contributed by atoms with Crippen LogP contribution in [0, 0.1) is 11.8 Å². The number of alkyl halides is 3. The fourth-order valence-electron chi connectivity index (χ4n) is 1.13. The zero-order chi connectivity index (χ0) is 12.9. The van der Waals surface area contributed by atoms with E-state index in [4.69, 9.17) is 0 Å². The number of benzene rings is 1. The van der Waals surface area contributed by atoms with Crippen molar-refractivity contribution >= 4 is 5.97 Å². The van der Waals surface area contributed by atoms with Crippen molar-refractivity contribution in [1.82, 2.24) is 0 Å². The Labute approximate surface area is 96.4 Å². The zero-order valence-electron chi connectivity index (χ0n) is 8.97. The van der Waals surface area contributed by atoms with E-state index < -0.39 is 17.7 Å². The highest BCUT2D eigenvalue weighted by molar-refractivity contribution is 5.88. The molecule has 0 fully saturated rings. The van der Waals surface area contributed by atoms with Crippen LogP contribution in [0.4, 0.5) is 13.2 Å². The SMILES string of the molecule is COC(=O)C#CCc1cccc(C(F)(F)F)c1. The molecule has 0 aromatic heterocycles. The van der Waals surface area contributed by atoms with Crippen LogP contribution in [0.15, 0.2) is 24.3 Å². The summed E-state index contributed by atoms with van der Waals surface area (Å²) in [5.74, 6) is 3.87. The molecule has 1 rings (SSSR count). The summed E-state index contributed by atoms with van der Waals surface area (Å²) in [5.41, 5.74) is -0.328. The van der Waals surface area contributed by atoms with Crippen LogP contribution in [-0.4, -0.2) is 13.1 Å². The second-order valence-electron chi connectivity index (χ2n) is 3.17. The largest absolute Gasteiger partial charge is 0.459 e. The Hall–Kier alpha value is -1.96. The first kappa shape index (κ1) is 13.1. The minimum atomic E-state index is -4.37. The Balaban J connectivity index is 2.79. The maximum atomic E-state index is 12.4. The van der Waals surface area contributed by atoms with Crippen LogP contribution in [0.5, 0.6) is 0 Å². The Morgan fingerprint density at radius 3 is 2.71 bits per heavy atom. The van der Waals surface area contributed by atoms with Crippen LogP contribution < -0.4 is 0 Å². The third-order valence-corrected chi connectivity index (χ3v) is 1.92. The molecule has 0 radical (unpaired) electrons. The van der Waals surface area contributed by atoms with Crippen molar-refractivity contribution < 1.29 is 22.7 Å². The van der Waals surface area contributed by atoms with Crippen molar-refractivity contribution in [3.05, 3.63) is 35.4 Å². The van der Waals surface area contributed by atoms with Crippen molar-refractivity contribution in [2.45, 2.75) is 12.6 Å². The molecular weight excluding hydrogens is 233 g/mol. The van der Waals surface area contributed by atoms with Gasteiger partial charge in [-0.2, -0.15) is 13.2 Å². The lowest BCUT2D eigenvalue weighted by Gasteiger charge is -2.06. The van der Waals surface area contributed by atoms with Gasteiger partial charge in [0.25, 0.3) is 0 Å². The lowest BCUT2D eigenvalue weighted by molar-refractivity contribution is -0.137. The van der Waals surface area contributed by atoms with Crippen molar-refractivity contribution in [3.8, 4) is 11.8 Å². The van der Waals surface area contributed by atoms with E-state index in [2.05, 4.69) is 16.6 Å². The quantitative estimate of drug-likeness (QED) is 0.429. The molecule has 1 aromatic rings. The molecule has 17 heavy (non-hydrogen) atoms. The summed E-state index contributed by atoms with van der Waals surface area (Å²) in [6.45, 7) is 0. The summed E-state index contributed by atoms with van der Waals surface area (Å²) in [7, 11) is 1.18. The smallest absolute Gasteiger partial charge is 0.416 e. The van der Waals surface area contributed by atoms with E-state index in [1.165, 1.54) is 19.2 Å². The highest BCUT2D eigenvalue weighted by Gasteiger charge is 2.30. The molecule has 2 nitrogen and oxygen atoms in total. The number of rotatable bonds is 1. The Morgan fingerprint density at radius 1 is 1.41 bits per heavy atom. The molecule has 0 saturated carbocycles. The van der Waals surface area contributed by atoms with Gasteiger partial charge in [0.15, 0.2) is 0 Å². The third-order valence-electron chi connectivity index (χ3n) is 1.92. The fourth-order valence-corrected chi connectivity index (χ4v) is 1.13. The summed E-state index contributed by atoms with van der Waals surface area (Å²) in [5, 5.41) is 0. The lowest BCUT2D eigenvalue weighted by Crippen LogP contribution is -2.05. The average molecular weight is 242 g/mol. The molecule has 0 aliphatic heterocycles. The molecule has 0 spiro atoms. The van der Waals surface area contributed by atoms with Gasteiger partial charge in [-0.3, -0.25) is 0 Å². The van der Waals surface area contributed by atoms with Gasteiger partial charge in [-0.15, -0.1) is 0 Å². The molecule has 0 saturated heterocycles. The van der Waals surface area contributed by atoms with Gasteiger partial charge in [0.05, 0.1) is 12.7 Å². The van der Waals surface area contributed by atoms with Crippen LogP contribution >= 0.6 is 0 Å². The first-order valence-electron chi connectivity index (χ1n) is 4.66. The molecule has 0 atom stereocenters. The zero-order valence-corrected chi connectivity index (χ0v) is 8.97. The second-order valence-corrected chi connectivity index (χ2v) is 3.17. The van der Waals surface area contributed by atoms with Gasteiger partial charge in [-0.05, 0) is 11.6 Å². The molecule has 0 aliphatic carbocycles. The van der Waals surface area contributed by atoms with Gasteiger partial charge in [0.1, 0.15) is 0 Å². The van der Waals surface area contributed by atoms with Gasteiger partial charge in [-0.25, -0.2) is 4.79 Å². The number of carbonyl (C=O) groups excluding carboxylic acids is 1. The predicted octanol–water partition coefficient (Wildman–Crippen LogP) is 2.42. The molecule has 0 amide bonds. The Bertz CT molecular complexity index is 467. The number of methoxy groups -OCH3 is 1. The normalized spacial score (nSPS) is 10.4. The number of halogens is 3. The first-order valence-corrected chi connectivity index (χ1v) is 4.66. The molecule has 5 heteroatoms. The number of hydrogen-bond acceptors (Lipinski definition) is 2. The topological polar surface area (TPSA) is 26.3 Å². The first-order chi connectivity index (χ1) is 7.93. The molecule has 0 N–H and O–H groups in total. The van der Waals surface area contributed by atoms with E-state index in [-0.39, 0.29) is 6.42 Å². The van der Waals surface area contributed by atoms with E-state index in [9.17, 15) is 18.0 Å². The van der Waals surface area contributed by atoms with Crippen LogP contribution in [0.25, 0.3) is 0 Å². The minimum Gasteiger partial charge on any atom is -0.459 e. The van der Waals surface area contributed by atoms with Gasteiger partial charge >= 0.3 is 12.1 Å². The average Bonchev–Trinajstić information content (AvgIpc) is 2.28. The molecule has 0 aliphatic rings. The van der Waals surface area contributed by atoms with Crippen LogP contribution in [0.2, 0.25) is 0 Å². The van der Waals surface area contributed by atoms with Crippen LogP contribution in [0.3, 0.4) is 0 Å². The van der Waals surface area contributed by atoms with Crippen molar-refractivity contribution in [3.63, 3.8) is 0 Å². The van der Waals surface area contributed by atoms with E-state index in [1.807, 2.05) is 0 Å². The van der Waals surface area contributed by atoms with E-state index >= 15 is 0 Å². The van der Waals surface area contributed by atoms with Crippen molar-refractivity contribution in [2.24, 2.45) is 0 Å². The molecule has 0 bridgehead atoms. The third kappa shape index (κ3) is 4.19. The number of esters is 1. The minimum absolute atomic E-state index is 0.0685. The van der Waals surface area contributed by atoms with Crippen molar-refractivity contribution in [1.29, 1.82) is 0 Å². The van der Waals surface area contributed by atoms with Crippen LogP contribution in [0.1, 0.15) is 11.1 Å². The summed E-state index contributed by atoms with van der Waals surface area (Å²) >= 11 is 0. The lowest BCUT2D eigenvalue weighted by atomic mass is 10.1. The Morgan fingerprint density at radius 2 is 2.12 bits per heavy atom.